The highest BCUT2D eigenvalue weighted by Crippen LogP contribution is 2.18. The molecular formula is C11H14F2N2O3S. The van der Waals surface area contributed by atoms with Crippen LogP contribution >= 0.6 is 0 Å². The van der Waals surface area contributed by atoms with E-state index in [1.165, 1.54) is 7.05 Å². The van der Waals surface area contributed by atoms with Gasteiger partial charge in [-0.05, 0) is 12.1 Å². The number of halogens is 2. The number of hydrogen-bond acceptors (Lipinski definition) is 4. The van der Waals surface area contributed by atoms with E-state index in [1.807, 2.05) is 0 Å². The number of amides is 1. The van der Waals surface area contributed by atoms with E-state index in [4.69, 9.17) is 5.73 Å². The van der Waals surface area contributed by atoms with Gasteiger partial charge in [-0.3, -0.25) is 4.79 Å². The van der Waals surface area contributed by atoms with Gasteiger partial charge < -0.3 is 10.6 Å². The Balaban J connectivity index is 2.94. The number of hydrogen-bond donors (Lipinski definition) is 1. The summed E-state index contributed by atoms with van der Waals surface area (Å²) >= 11 is 0. The Labute approximate surface area is 109 Å². The Morgan fingerprint density at radius 1 is 1.37 bits per heavy atom. The van der Waals surface area contributed by atoms with Crippen molar-refractivity contribution < 1.29 is 22.0 Å². The quantitative estimate of drug-likeness (QED) is 0.827. The molecule has 5 nitrogen and oxygen atoms in total. The monoisotopic (exact) mass is 292 g/mol. The zero-order valence-electron chi connectivity index (χ0n) is 10.5. The third-order valence-electron chi connectivity index (χ3n) is 2.44. The van der Waals surface area contributed by atoms with Gasteiger partial charge in [0.15, 0.2) is 5.82 Å². The van der Waals surface area contributed by atoms with Crippen molar-refractivity contribution in [1.29, 1.82) is 0 Å². The molecule has 0 radical (unpaired) electrons. The fraction of sp³-hybridized carbons (Fsp3) is 0.364. The molecule has 0 aliphatic rings. The highest BCUT2D eigenvalue weighted by Gasteiger charge is 2.20. The highest BCUT2D eigenvalue weighted by atomic mass is 32.2. The van der Waals surface area contributed by atoms with E-state index >= 15 is 0 Å². The van der Waals surface area contributed by atoms with E-state index in [0.29, 0.717) is 0 Å². The van der Waals surface area contributed by atoms with Crippen LogP contribution in [-0.4, -0.2) is 44.8 Å². The van der Waals surface area contributed by atoms with Crippen molar-refractivity contribution in [1.82, 2.24) is 4.90 Å². The average molecular weight is 292 g/mol. The minimum absolute atomic E-state index is 0.118. The van der Waals surface area contributed by atoms with E-state index in [9.17, 15) is 22.0 Å². The van der Waals surface area contributed by atoms with Gasteiger partial charge in [-0.2, -0.15) is 0 Å². The minimum atomic E-state index is -3.25. The van der Waals surface area contributed by atoms with Crippen LogP contribution in [0.1, 0.15) is 10.4 Å². The first-order valence-corrected chi connectivity index (χ1v) is 7.35. The van der Waals surface area contributed by atoms with E-state index in [1.54, 1.807) is 0 Å². The maximum Gasteiger partial charge on any atom is 0.256 e. The minimum Gasteiger partial charge on any atom is -0.396 e. The van der Waals surface area contributed by atoms with Crippen LogP contribution in [0.25, 0.3) is 0 Å². The third-order valence-corrected chi connectivity index (χ3v) is 3.36. The number of rotatable bonds is 4. The average Bonchev–Trinajstić information content (AvgIpc) is 2.28. The van der Waals surface area contributed by atoms with Gasteiger partial charge in [0.25, 0.3) is 5.91 Å². The van der Waals surface area contributed by atoms with Crippen molar-refractivity contribution in [3.05, 3.63) is 29.3 Å². The molecule has 0 aromatic heterocycles. The van der Waals surface area contributed by atoms with Gasteiger partial charge in [0, 0.05) is 19.8 Å². The molecule has 0 saturated heterocycles. The smallest absolute Gasteiger partial charge is 0.256 e. The van der Waals surface area contributed by atoms with Crippen LogP contribution in [-0.2, 0) is 9.84 Å². The molecule has 1 aromatic carbocycles. The van der Waals surface area contributed by atoms with Crippen LogP contribution < -0.4 is 5.73 Å². The molecule has 0 bridgehead atoms. The fourth-order valence-electron chi connectivity index (χ4n) is 1.38. The third kappa shape index (κ3) is 4.16. The predicted octanol–water partition coefficient (Wildman–Crippen LogP) is 0.664. The number of anilines is 1. The van der Waals surface area contributed by atoms with Gasteiger partial charge in [0.1, 0.15) is 15.7 Å². The van der Waals surface area contributed by atoms with Gasteiger partial charge in [0.05, 0.1) is 17.0 Å². The van der Waals surface area contributed by atoms with Crippen molar-refractivity contribution in [2.24, 2.45) is 0 Å². The van der Waals surface area contributed by atoms with Crippen molar-refractivity contribution in [3.63, 3.8) is 0 Å². The van der Waals surface area contributed by atoms with E-state index in [2.05, 4.69) is 0 Å². The van der Waals surface area contributed by atoms with E-state index in [-0.39, 0.29) is 12.3 Å². The predicted molar refractivity (Wildman–Crippen MR) is 67.4 cm³/mol. The summed E-state index contributed by atoms with van der Waals surface area (Å²) in [6, 6.07) is 1.49. The normalized spacial score (nSPS) is 11.4. The van der Waals surface area contributed by atoms with Crippen LogP contribution in [0.2, 0.25) is 0 Å². The molecule has 1 rings (SSSR count). The maximum absolute atomic E-state index is 13.6. The van der Waals surface area contributed by atoms with E-state index in [0.717, 1.165) is 23.3 Å². The molecule has 0 spiro atoms. The maximum atomic E-state index is 13.6. The molecule has 2 N–H and O–H groups in total. The topological polar surface area (TPSA) is 80.5 Å². The first-order valence-electron chi connectivity index (χ1n) is 5.29. The summed E-state index contributed by atoms with van der Waals surface area (Å²) in [5.74, 6) is -2.94. The number of carbonyl (C=O) groups is 1. The fourth-order valence-corrected chi connectivity index (χ4v) is 1.98. The molecule has 0 heterocycles. The number of nitrogens with zero attached hydrogens (tertiary/aromatic N) is 1. The van der Waals surface area contributed by atoms with Crippen LogP contribution in [0.5, 0.6) is 0 Å². The van der Waals surface area contributed by atoms with E-state index < -0.39 is 38.6 Å². The summed E-state index contributed by atoms with van der Waals surface area (Å²) in [6.07, 6.45) is 1.02. The number of carbonyl (C=O) groups excluding carboxylic acids is 1. The van der Waals surface area contributed by atoms with Crippen LogP contribution in [0.4, 0.5) is 14.5 Å². The second kappa shape index (κ2) is 5.52. The summed E-state index contributed by atoms with van der Waals surface area (Å²) in [7, 11) is -1.95. The molecule has 1 amide bonds. The van der Waals surface area contributed by atoms with Gasteiger partial charge >= 0.3 is 0 Å². The molecule has 0 aliphatic carbocycles. The lowest BCUT2D eigenvalue weighted by atomic mass is 10.1. The molecule has 0 unspecified atom stereocenters. The molecule has 106 valence electrons. The van der Waals surface area contributed by atoms with Crippen molar-refractivity contribution in [2.75, 3.05) is 31.3 Å². The van der Waals surface area contributed by atoms with Crippen molar-refractivity contribution >= 4 is 21.4 Å². The molecular weight excluding hydrogens is 278 g/mol. The molecule has 1 aromatic rings. The Morgan fingerprint density at radius 2 is 1.95 bits per heavy atom. The number of nitrogen functional groups attached to an aromatic ring is 1. The zero-order valence-corrected chi connectivity index (χ0v) is 11.3. The van der Waals surface area contributed by atoms with Gasteiger partial charge in [-0.15, -0.1) is 0 Å². The lowest BCUT2D eigenvalue weighted by molar-refractivity contribution is 0.0798. The number of benzene rings is 1. The van der Waals surface area contributed by atoms with Gasteiger partial charge in [-0.25, -0.2) is 17.2 Å². The molecule has 19 heavy (non-hydrogen) atoms. The second-order valence-electron chi connectivity index (χ2n) is 4.21. The van der Waals surface area contributed by atoms with Crippen LogP contribution in [0.15, 0.2) is 12.1 Å². The first kappa shape index (κ1) is 15.4. The van der Waals surface area contributed by atoms with Crippen LogP contribution in [0, 0.1) is 11.6 Å². The summed E-state index contributed by atoms with van der Waals surface area (Å²) in [4.78, 5) is 12.9. The molecule has 0 saturated carbocycles. The Bertz CT molecular complexity index is 602. The number of nitrogens with two attached hydrogens (primary N) is 1. The summed E-state index contributed by atoms with van der Waals surface area (Å²) in [5, 5.41) is 0. The highest BCUT2D eigenvalue weighted by molar-refractivity contribution is 7.90. The summed E-state index contributed by atoms with van der Waals surface area (Å²) in [6.45, 7) is -0.118. The van der Waals surface area contributed by atoms with Crippen molar-refractivity contribution in [3.8, 4) is 0 Å². The lowest BCUT2D eigenvalue weighted by Crippen LogP contribution is -2.32. The van der Waals surface area contributed by atoms with Crippen molar-refractivity contribution in [2.45, 2.75) is 0 Å². The molecule has 0 atom stereocenters. The van der Waals surface area contributed by atoms with Gasteiger partial charge in [0.2, 0.25) is 0 Å². The van der Waals surface area contributed by atoms with Gasteiger partial charge in [-0.1, -0.05) is 0 Å². The van der Waals surface area contributed by atoms with Crippen LogP contribution in [0.3, 0.4) is 0 Å². The zero-order chi connectivity index (χ0) is 14.8. The lowest BCUT2D eigenvalue weighted by Gasteiger charge is -2.17. The molecule has 8 heteroatoms. The Hall–Kier alpha value is -1.70. The standard InChI is InChI=1S/C11H14F2N2O3S/c1-15(3-4-19(2,17)18)11(16)8-5-7(12)6-9(14)10(8)13/h5-6H,3-4,14H2,1-2H3. The summed E-state index contributed by atoms with van der Waals surface area (Å²) < 4.78 is 48.7. The Morgan fingerprint density at radius 3 is 2.47 bits per heavy atom. The SMILES string of the molecule is CN(CCS(C)(=O)=O)C(=O)c1cc(F)cc(N)c1F. The summed E-state index contributed by atoms with van der Waals surface area (Å²) in [5.41, 5.74) is 4.23. The number of sulfone groups is 1. The largest absolute Gasteiger partial charge is 0.396 e. The molecule has 0 fully saturated rings. The Kier molecular flexibility index (Phi) is 4.46. The second-order valence-corrected chi connectivity index (χ2v) is 6.47. The molecule has 0 aliphatic heterocycles. The first-order chi connectivity index (χ1) is 8.61.